The molecule has 9 heteroatoms. The highest BCUT2D eigenvalue weighted by molar-refractivity contribution is 14.0. The van der Waals surface area contributed by atoms with E-state index in [1.54, 1.807) is 20.0 Å². The van der Waals surface area contributed by atoms with Crippen molar-refractivity contribution in [3.63, 3.8) is 0 Å². The van der Waals surface area contributed by atoms with Crippen molar-refractivity contribution in [2.24, 2.45) is 4.99 Å². The molecule has 0 radical (unpaired) electrons. The fourth-order valence-electron chi connectivity index (χ4n) is 2.86. The quantitative estimate of drug-likeness (QED) is 0.254. The Kier molecular flexibility index (Phi) is 9.78. The molecule has 0 spiro atoms. The Morgan fingerprint density at radius 2 is 2.11 bits per heavy atom. The van der Waals surface area contributed by atoms with Gasteiger partial charge in [-0.1, -0.05) is 6.07 Å². The largest absolute Gasteiger partial charge is 0.370 e. The van der Waals surface area contributed by atoms with Crippen LogP contribution in [0.25, 0.3) is 0 Å². The third-order valence-electron chi connectivity index (χ3n) is 4.50. The van der Waals surface area contributed by atoms with E-state index in [-0.39, 0.29) is 29.7 Å². The van der Waals surface area contributed by atoms with Gasteiger partial charge in [0.25, 0.3) is 0 Å². The van der Waals surface area contributed by atoms with E-state index >= 15 is 0 Å². The molecule has 2 N–H and O–H groups in total. The molecule has 1 aromatic rings. The fraction of sp³-hybridized carbons (Fsp3) is 0.667. The highest BCUT2D eigenvalue weighted by Crippen LogP contribution is 2.23. The van der Waals surface area contributed by atoms with E-state index in [2.05, 4.69) is 25.5 Å². The Labute approximate surface area is 180 Å². The molecule has 27 heavy (non-hydrogen) atoms. The van der Waals surface area contributed by atoms with Crippen molar-refractivity contribution in [1.29, 1.82) is 0 Å². The topological polar surface area (TPSA) is 86.7 Å². The molecule has 2 heterocycles. The van der Waals surface area contributed by atoms with Crippen LogP contribution >= 0.6 is 24.0 Å². The number of nitrogens with zero attached hydrogens (tertiary/aromatic N) is 3. The van der Waals surface area contributed by atoms with Gasteiger partial charge in [-0.3, -0.25) is 4.99 Å². The number of anilines is 1. The Bertz CT molecular complexity index is 695. The Hall–Kier alpha value is -1.10. The summed E-state index contributed by atoms with van der Waals surface area (Å²) < 4.78 is 23.6. The van der Waals surface area contributed by atoms with Gasteiger partial charge in [0.05, 0.1) is 10.5 Å². The van der Waals surface area contributed by atoms with Gasteiger partial charge in [-0.05, 0) is 45.7 Å². The van der Waals surface area contributed by atoms with Gasteiger partial charge in [0.15, 0.2) is 15.8 Å². The van der Waals surface area contributed by atoms with Crippen molar-refractivity contribution >= 4 is 45.6 Å². The first-order valence-corrected chi connectivity index (χ1v) is 10.9. The molecule has 0 unspecified atom stereocenters. The second-order valence-electron chi connectivity index (χ2n) is 7.08. The fourth-order valence-corrected chi connectivity index (χ4v) is 4.22. The smallest absolute Gasteiger partial charge is 0.193 e. The monoisotopic (exact) mass is 509 g/mol. The van der Waals surface area contributed by atoms with Crippen LogP contribution < -0.4 is 10.6 Å². The number of pyridine rings is 1. The molecule has 0 saturated carbocycles. The van der Waals surface area contributed by atoms with Crippen LogP contribution in [0.2, 0.25) is 0 Å². The minimum Gasteiger partial charge on any atom is -0.370 e. The van der Waals surface area contributed by atoms with E-state index in [0.717, 1.165) is 44.3 Å². The maximum Gasteiger partial charge on any atom is 0.193 e. The number of rotatable bonds is 7. The van der Waals surface area contributed by atoms with E-state index in [9.17, 15) is 8.42 Å². The summed E-state index contributed by atoms with van der Waals surface area (Å²) in [5, 5.41) is 6.58. The standard InChI is InChI=1S/C18H31N5O2S.HI/c1-4-19-17(23-13-14-26(24,25)18(2,3)15-23)22-12-8-7-11-21-16-9-5-6-10-20-16;/h5-6,9-10H,4,7-8,11-15H2,1-3H3,(H,19,22)(H,20,21);1H. The Balaban J connectivity index is 0.00000364. The Morgan fingerprint density at radius 1 is 1.33 bits per heavy atom. The van der Waals surface area contributed by atoms with Gasteiger partial charge in [-0.2, -0.15) is 0 Å². The van der Waals surface area contributed by atoms with Crippen molar-refractivity contribution in [3.8, 4) is 0 Å². The predicted octanol–water partition coefficient (Wildman–Crippen LogP) is 2.37. The minimum atomic E-state index is -3.04. The first kappa shape index (κ1) is 23.9. The number of aliphatic imine (C=N–C) groups is 1. The molecule has 7 nitrogen and oxygen atoms in total. The third-order valence-corrected chi connectivity index (χ3v) is 7.03. The van der Waals surface area contributed by atoms with Gasteiger partial charge in [-0.15, -0.1) is 24.0 Å². The molecule has 0 aliphatic carbocycles. The van der Waals surface area contributed by atoms with Crippen molar-refractivity contribution in [2.75, 3.05) is 43.8 Å². The first-order valence-electron chi connectivity index (χ1n) is 9.26. The number of nitrogens with one attached hydrogen (secondary N) is 2. The van der Waals surface area contributed by atoms with Gasteiger partial charge < -0.3 is 15.5 Å². The predicted molar refractivity (Wildman–Crippen MR) is 123 cm³/mol. The zero-order valence-corrected chi connectivity index (χ0v) is 19.6. The summed E-state index contributed by atoms with van der Waals surface area (Å²) in [5.74, 6) is 1.88. The molecule has 0 atom stereocenters. The minimum absolute atomic E-state index is 0. The summed E-state index contributed by atoms with van der Waals surface area (Å²) in [4.78, 5) is 11.0. The molecule has 0 bridgehead atoms. The maximum absolute atomic E-state index is 12.2. The lowest BCUT2D eigenvalue weighted by Crippen LogP contribution is -2.57. The molecular formula is C18H32IN5O2S. The van der Waals surface area contributed by atoms with Crippen LogP contribution in [0.15, 0.2) is 29.4 Å². The van der Waals surface area contributed by atoms with Crippen LogP contribution in [-0.4, -0.2) is 67.5 Å². The molecule has 154 valence electrons. The number of unbranched alkanes of at least 4 members (excludes halogenated alkanes) is 1. The van der Waals surface area contributed by atoms with E-state index in [4.69, 9.17) is 0 Å². The van der Waals surface area contributed by atoms with E-state index in [1.165, 1.54) is 0 Å². The lowest BCUT2D eigenvalue weighted by molar-refractivity contribution is 0.353. The van der Waals surface area contributed by atoms with Crippen molar-refractivity contribution in [2.45, 2.75) is 38.4 Å². The van der Waals surface area contributed by atoms with Gasteiger partial charge in [0, 0.05) is 38.9 Å². The van der Waals surface area contributed by atoms with Crippen molar-refractivity contribution in [1.82, 2.24) is 15.2 Å². The molecule has 1 aromatic heterocycles. The molecule has 0 aromatic carbocycles. The summed E-state index contributed by atoms with van der Waals surface area (Å²) in [6.07, 6.45) is 3.74. The van der Waals surface area contributed by atoms with Gasteiger partial charge in [0.2, 0.25) is 0 Å². The number of hydrogen-bond acceptors (Lipinski definition) is 5. The molecule has 2 rings (SSSR count). The highest BCUT2D eigenvalue weighted by Gasteiger charge is 2.40. The summed E-state index contributed by atoms with van der Waals surface area (Å²) in [6, 6.07) is 5.81. The normalized spacial score (nSPS) is 18.5. The summed E-state index contributed by atoms with van der Waals surface area (Å²) in [6.45, 7) is 8.93. The SMILES string of the molecule is CCNC(=NCCCCNc1ccccn1)N1CCS(=O)(=O)C(C)(C)C1.I. The van der Waals surface area contributed by atoms with Crippen molar-refractivity contribution in [3.05, 3.63) is 24.4 Å². The average molecular weight is 509 g/mol. The highest BCUT2D eigenvalue weighted by atomic mass is 127. The Morgan fingerprint density at radius 3 is 2.74 bits per heavy atom. The number of halogens is 1. The second kappa shape index (κ2) is 11.0. The lowest BCUT2D eigenvalue weighted by atomic mass is 10.2. The van der Waals surface area contributed by atoms with Crippen LogP contribution in [0, 0.1) is 0 Å². The zero-order valence-electron chi connectivity index (χ0n) is 16.4. The zero-order chi connectivity index (χ0) is 19.0. The van der Waals surface area contributed by atoms with E-state index < -0.39 is 14.6 Å². The molecule has 1 aliphatic rings. The maximum atomic E-state index is 12.2. The van der Waals surface area contributed by atoms with Crippen LogP contribution in [0.1, 0.15) is 33.6 Å². The van der Waals surface area contributed by atoms with Gasteiger partial charge in [0.1, 0.15) is 5.82 Å². The molecule has 1 saturated heterocycles. The number of guanidine groups is 1. The van der Waals surface area contributed by atoms with Crippen molar-refractivity contribution < 1.29 is 8.42 Å². The summed E-state index contributed by atoms with van der Waals surface area (Å²) in [7, 11) is -3.04. The molecule has 1 aliphatic heterocycles. The third kappa shape index (κ3) is 7.10. The van der Waals surface area contributed by atoms with Gasteiger partial charge in [-0.25, -0.2) is 13.4 Å². The molecular weight excluding hydrogens is 477 g/mol. The summed E-state index contributed by atoms with van der Waals surface area (Å²) in [5.41, 5.74) is 0. The number of sulfone groups is 1. The van der Waals surface area contributed by atoms with E-state index in [0.29, 0.717) is 13.1 Å². The second-order valence-corrected chi connectivity index (χ2v) is 9.83. The van der Waals surface area contributed by atoms with E-state index in [1.807, 2.05) is 25.1 Å². The van der Waals surface area contributed by atoms with Crippen LogP contribution in [0.3, 0.4) is 0 Å². The average Bonchev–Trinajstić information content (AvgIpc) is 2.60. The first-order chi connectivity index (χ1) is 12.4. The summed E-state index contributed by atoms with van der Waals surface area (Å²) >= 11 is 0. The molecule has 1 fully saturated rings. The number of hydrogen-bond donors (Lipinski definition) is 2. The van der Waals surface area contributed by atoms with Crippen LogP contribution in [0.4, 0.5) is 5.82 Å². The number of aromatic nitrogens is 1. The lowest BCUT2D eigenvalue weighted by Gasteiger charge is -2.39. The molecule has 0 amide bonds. The van der Waals surface area contributed by atoms with Crippen LogP contribution in [0.5, 0.6) is 0 Å². The van der Waals surface area contributed by atoms with Gasteiger partial charge >= 0.3 is 0 Å². The van der Waals surface area contributed by atoms with Crippen LogP contribution in [-0.2, 0) is 9.84 Å².